The van der Waals surface area contributed by atoms with Crippen molar-refractivity contribution in [1.29, 1.82) is 0 Å². The van der Waals surface area contributed by atoms with Crippen molar-refractivity contribution in [3.05, 3.63) is 81.6 Å². The van der Waals surface area contributed by atoms with Gasteiger partial charge in [0.1, 0.15) is 17.5 Å². The first-order valence-electron chi connectivity index (χ1n) is 16.3. The number of piperazine rings is 1. The molecule has 0 radical (unpaired) electrons. The monoisotopic (exact) mass is 657 g/mol. The van der Waals surface area contributed by atoms with Crippen LogP contribution in [0.25, 0.3) is 28.0 Å². The fourth-order valence-electron chi connectivity index (χ4n) is 6.57. The zero-order chi connectivity index (χ0) is 33.7. The Bertz CT molecular complexity index is 1910. The van der Waals surface area contributed by atoms with Crippen molar-refractivity contribution in [2.24, 2.45) is 0 Å². The number of fused-ring (bicyclic) bond motifs is 1. The van der Waals surface area contributed by atoms with E-state index in [9.17, 15) is 9.59 Å². The van der Waals surface area contributed by atoms with Gasteiger partial charge in [-0.3, -0.25) is 4.79 Å². The third-order valence-electron chi connectivity index (χ3n) is 9.25. The Morgan fingerprint density at radius 2 is 1.74 bits per heavy atom. The van der Waals surface area contributed by atoms with E-state index < -0.39 is 11.5 Å². The molecule has 2 fully saturated rings. The molecule has 246 valence electrons. The van der Waals surface area contributed by atoms with Gasteiger partial charge in [0.05, 0.1) is 27.5 Å². The van der Waals surface area contributed by atoms with Crippen molar-refractivity contribution in [2.75, 3.05) is 36.0 Å². The number of aromatic nitrogens is 4. The molecule has 0 saturated carbocycles. The standard InChI is InChI=1S/C36H41ClFN7O2/c1-8-30(46)43-18-23(7)44(19-22(43)6)34-26-16-27(37)32(24-12-9-10-13-28(24)38)40-35(26)45(36(47)41-34)33-25(20(2)3)17-29(42-14-11-15-42)39-31(33)21(4)5/h8-10,12-13,16-17,20-23H,1,11,14-15,18-19H2,2-7H3. The number of hydrogen-bond acceptors (Lipinski definition) is 7. The van der Waals surface area contributed by atoms with Gasteiger partial charge in [0, 0.05) is 43.8 Å². The molecule has 2 unspecified atom stereocenters. The second kappa shape index (κ2) is 12.7. The molecule has 0 N–H and O–H groups in total. The Hall–Kier alpha value is -4.31. The van der Waals surface area contributed by atoms with Gasteiger partial charge < -0.3 is 14.7 Å². The minimum absolute atomic E-state index is 0.0277. The van der Waals surface area contributed by atoms with Gasteiger partial charge in [0.15, 0.2) is 5.65 Å². The van der Waals surface area contributed by atoms with E-state index in [0.717, 1.165) is 36.6 Å². The molecule has 11 heteroatoms. The number of hydrogen-bond donors (Lipinski definition) is 0. The predicted molar refractivity (Wildman–Crippen MR) is 187 cm³/mol. The lowest BCUT2D eigenvalue weighted by molar-refractivity contribution is -0.128. The van der Waals surface area contributed by atoms with E-state index in [-0.39, 0.29) is 46.1 Å². The number of nitrogens with zero attached hydrogens (tertiary/aromatic N) is 7. The van der Waals surface area contributed by atoms with Crippen LogP contribution in [0.5, 0.6) is 0 Å². The molecule has 2 aliphatic rings. The summed E-state index contributed by atoms with van der Waals surface area (Å²) in [5.41, 5.74) is 2.61. The summed E-state index contributed by atoms with van der Waals surface area (Å²) in [6, 6.07) is 9.78. The first-order chi connectivity index (χ1) is 22.4. The second-order valence-electron chi connectivity index (χ2n) is 13.2. The van der Waals surface area contributed by atoms with Gasteiger partial charge in [0.2, 0.25) is 5.91 Å². The van der Waals surface area contributed by atoms with Gasteiger partial charge in [0.25, 0.3) is 0 Å². The summed E-state index contributed by atoms with van der Waals surface area (Å²) in [7, 11) is 0. The third-order valence-corrected chi connectivity index (χ3v) is 9.54. The van der Waals surface area contributed by atoms with Crippen LogP contribution in [0.2, 0.25) is 5.02 Å². The molecule has 47 heavy (non-hydrogen) atoms. The number of carbonyl (C=O) groups is 1. The van der Waals surface area contributed by atoms with E-state index >= 15 is 4.39 Å². The van der Waals surface area contributed by atoms with Gasteiger partial charge in [-0.05, 0) is 68.0 Å². The molecule has 2 aliphatic heterocycles. The van der Waals surface area contributed by atoms with Crippen molar-refractivity contribution in [1.82, 2.24) is 24.4 Å². The zero-order valence-electron chi connectivity index (χ0n) is 27.8. The molecule has 0 spiro atoms. The van der Waals surface area contributed by atoms with Crippen LogP contribution in [0.3, 0.4) is 0 Å². The van der Waals surface area contributed by atoms with Crippen LogP contribution in [0.1, 0.15) is 71.1 Å². The van der Waals surface area contributed by atoms with Crippen LogP contribution < -0.4 is 15.5 Å². The number of halogens is 2. The number of benzene rings is 1. The van der Waals surface area contributed by atoms with Crippen LogP contribution in [-0.4, -0.2) is 68.6 Å². The number of amides is 1. The largest absolute Gasteiger partial charge is 0.356 e. The fraction of sp³-hybridized carbons (Fsp3) is 0.417. The highest BCUT2D eigenvalue weighted by Gasteiger charge is 2.34. The quantitative estimate of drug-likeness (QED) is 0.204. The molecule has 6 rings (SSSR count). The van der Waals surface area contributed by atoms with Crippen molar-refractivity contribution in [3.8, 4) is 16.9 Å². The minimum atomic E-state index is -0.520. The van der Waals surface area contributed by atoms with E-state index in [4.69, 9.17) is 26.6 Å². The van der Waals surface area contributed by atoms with E-state index in [0.29, 0.717) is 35.6 Å². The van der Waals surface area contributed by atoms with Gasteiger partial charge in [-0.1, -0.05) is 58.0 Å². The Morgan fingerprint density at radius 1 is 1.02 bits per heavy atom. The van der Waals surface area contributed by atoms with E-state index in [1.54, 1.807) is 33.7 Å². The summed E-state index contributed by atoms with van der Waals surface area (Å²) in [5.74, 6) is 0.714. The smallest absolute Gasteiger partial charge is 0.355 e. The maximum absolute atomic E-state index is 15.2. The first-order valence-corrected chi connectivity index (χ1v) is 16.7. The summed E-state index contributed by atoms with van der Waals surface area (Å²) in [4.78, 5) is 48.0. The highest BCUT2D eigenvalue weighted by atomic mass is 35.5. The first kappa shape index (κ1) is 32.6. The molecule has 2 saturated heterocycles. The van der Waals surface area contributed by atoms with E-state index in [1.807, 2.05) is 18.7 Å². The summed E-state index contributed by atoms with van der Waals surface area (Å²) >= 11 is 6.90. The minimum Gasteiger partial charge on any atom is -0.356 e. The second-order valence-corrected chi connectivity index (χ2v) is 13.6. The Morgan fingerprint density at radius 3 is 2.36 bits per heavy atom. The summed E-state index contributed by atoms with van der Waals surface area (Å²) in [6.45, 7) is 18.7. The van der Waals surface area contributed by atoms with Gasteiger partial charge >= 0.3 is 5.69 Å². The SMILES string of the molecule is C=CC(=O)N1CC(C)N(c2nc(=O)n(-c3c(C(C)C)cc(N4CCC4)nc3C(C)C)c3nc(-c4ccccc4F)c(Cl)cc23)CC1C. The van der Waals surface area contributed by atoms with Crippen LogP contribution in [0.4, 0.5) is 16.0 Å². The van der Waals surface area contributed by atoms with Crippen molar-refractivity contribution < 1.29 is 9.18 Å². The molecule has 4 aromatic rings. The number of carbonyl (C=O) groups excluding carboxylic acids is 1. The summed E-state index contributed by atoms with van der Waals surface area (Å²) in [6.07, 6.45) is 2.44. The predicted octanol–water partition coefficient (Wildman–Crippen LogP) is 6.70. The number of rotatable bonds is 7. The maximum Gasteiger partial charge on any atom is 0.355 e. The van der Waals surface area contributed by atoms with Gasteiger partial charge in [-0.15, -0.1) is 0 Å². The Kier molecular flexibility index (Phi) is 8.82. The number of anilines is 2. The average Bonchev–Trinajstić information content (AvgIpc) is 3.00. The molecule has 3 aromatic heterocycles. The normalized spacial score (nSPS) is 18.3. The lowest BCUT2D eigenvalue weighted by atomic mass is 9.96. The van der Waals surface area contributed by atoms with Crippen LogP contribution in [0, 0.1) is 5.82 Å². The van der Waals surface area contributed by atoms with E-state index in [1.165, 1.54) is 12.1 Å². The van der Waals surface area contributed by atoms with Gasteiger partial charge in [-0.25, -0.2) is 23.7 Å². The van der Waals surface area contributed by atoms with Crippen molar-refractivity contribution >= 4 is 40.2 Å². The van der Waals surface area contributed by atoms with Crippen LogP contribution in [-0.2, 0) is 4.79 Å². The summed E-state index contributed by atoms with van der Waals surface area (Å²) in [5, 5.41) is 0.782. The topological polar surface area (TPSA) is 87.5 Å². The molecule has 0 aliphatic carbocycles. The zero-order valence-corrected chi connectivity index (χ0v) is 28.6. The fourth-order valence-corrected chi connectivity index (χ4v) is 6.82. The molecule has 1 aromatic carbocycles. The molecule has 9 nitrogen and oxygen atoms in total. The molecule has 1 amide bonds. The molecule has 0 bridgehead atoms. The third kappa shape index (κ3) is 5.77. The highest BCUT2D eigenvalue weighted by molar-refractivity contribution is 6.33. The lowest BCUT2D eigenvalue weighted by Gasteiger charge is -2.44. The summed E-state index contributed by atoms with van der Waals surface area (Å²) < 4.78 is 16.8. The highest BCUT2D eigenvalue weighted by Crippen LogP contribution is 2.39. The van der Waals surface area contributed by atoms with Crippen molar-refractivity contribution in [3.63, 3.8) is 0 Å². The molecule has 5 heterocycles. The molecule has 2 atom stereocenters. The molecular formula is C36H41ClFN7O2. The average molecular weight is 658 g/mol. The van der Waals surface area contributed by atoms with Gasteiger partial charge in [-0.2, -0.15) is 4.98 Å². The van der Waals surface area contributed by atoms with Crippen LogP contribution in [0.15, 0.2) is 53.8 Å². The van der Waals surface area contributed by atoms with Crippen molar-refractivity contribution in [2.45, 2.75) is 71.9 Å². The Balaban J connectivity index is 1.67. The number of pyridine rings is 2. The molecular weight excluding hydrogens is 617 g/mol. The Labute approximate surface area is 279 Å². The maximum atomic E-state index is 15.2. The van der Waals surface area contributed by atoms with Crippen LogP contribution >= 0.6 is 11.6 Å². The lowest BCUT2D eigenvalue weighted by Crippen LogP contribution is -2.58. The van der Waals surface area contributed by atoms with E-state index in [2.05, 4.69) is 45.2 Å².